The Hall–Kier alpha value is -0.850. The topological polar surface area (TPSA) is 79.5 Å². The summed E-state index contributed by atoms with van der Waals surface area (Å²) in [6, 6.07) is 0.0578. The average molecular weight is 280 g/mol. The van der Waals surface area contributed by atoms with Crippen molar-refractivity contribution in [2.24, 2.45) is 0 Å². The number of carbonyl (C=O) groups excluding carboxylic acids is 2. The van der Waals surface area contributed by atoms with Crippen molar-refractivity contribution in [3.05, 3.63) is 0 Å². The van der Waals surface area contributed by atoms with E-state index in [2.05, 4.69) is 16.0 Å². The maximum atomic E-state index is 11.5. The summed E-state index contributed by atoms with van der Waals surface area (Å²) >= 11 is 0. The second-order valence-corrected chi connectivity index (χ2v) is 4.06. The lowest BCUT2D eigenvalue weighted by Crippen LogP contribution is -2.45. The number of hydrogen-bond donors (Lipinski definition) is 3. The van der Waals surface area contributed by atoms with Crippen molar-refractivity contribution in [2.45, 2.75) is 25.8 Å². The van der Waals surface area contributed by atoms with Crippen molar-refractivity contribution in [2.75, 3.05) is 32.8 Å². The van der Waals surface area contributed by atoms with E-state index >= 15 is 0 Å². The van der Waals surface area contributed by atoms with E-state index < -0.39 is 0 Å². The lowest BCUT2D eigenvalue weighted by atomic mass is 10.2. The van der Waals surface area contributed by atoms with Crippen molar-refractivity contribution in [1.29, 1.82) is 0 Å². The molecule has 0 aromatic heterocycles. The molecule has 0 aromatic carbocycles. The molecule has 0 bridgehead atoms. The number of morpholine rings is 1. The SMILES string of the molecule is CCCNC(=O)CNC(=O)CC1COCCN1.Cl. The maximum Gasteiger partial charge on any atom is 0.239 e. The highest BCUT2D eigenvalue weighted by Gasteiger charge is 2.16. The smallest absolute Gasteiger partial charge is 0.239 e. The highest BCUT2D eigenvalue weighted by molar-refractivity contribution is 5.85. The summed E-state index contributed by atoms with van der Waals surface area (Å²) in [4.78, 5) is 22.7. The van der Waals surface area contributed by atoms with Crippen molar-refractivity contribution >= 4 is 24.2 Å². The monoisotopic (exact) mass is 279 g/mol. The van der Waals surface area contributed by atoms with Gasteiger partial charge in [0.05, 0.1) is 19.8 Å². The van der Waals surface area contributed by atoms with Gasteiger partial charge in [-0.2, -0.15) is 0 Å². The summed E-state index contributed by atoms with van der Waals surface area (Å²) < 4.78 is 5.24. The van der Waals surface area contributed by atoms with E-state index in [1.807, 2.05) is 6.92 Å². The van der Waals surface area contributed by atoms with Crippen LogP contribution in [0.4, 0.5) is 0 Å². The third-order valence-electron chi connectivity index (χ3n) is 2.45. The van der Waals surface area contributed by atoms with Gasteiger partial charge in [-0.25, -0.2) is 0 Å². The second kappa shape index (κ2) is 10.1. The molecule has 1 unspecified atom stereocenters. The van der Waals surface area contributed by atoms with Crippen LogP contribution in [0.1, 0.15) is 19.8 Å². The zero-order valence-corrected chi connectivity index (χ0v) is 11.5. The van der Waals surface area contributed by atoms with Crippen LogP contribution in [0.25, 0.3) is 0 Å². The Balaban J connectivity index is 0.00000289. The normalized spacial score (nSPS) is 18.6. The van der Waals surface area contributed by atoms with Crippen LogP contribution in [0.15, 0.2) is 0 Å². The molecule has 1 rings (SSSR count). The number of hydrogen-bond acceptors (Lipinski definition) is 4. The number of halogens is 1. The quantitative estimate of drug-likeness (QED) is 0.608. The first-order valence-electron chi connectivity index (χ1n) is 6.07. The minimum atomic E-state index is -0.145. The molecule has 0 spiro atoms. The fourth-order valence-electron chi connectivity index (χ4n) is 1.55. The van der Waals surface area contributed by atoms with E-state index in [1.165, 1.54) is 0 Å². The summed E-state index contributed by atoms with van der Waals surface area (Å²) in [5.74, 6) is -0.271. The molecule has 1 atom stereocenters. The molecule has 1 saturated heterocycles. The van der Waals surface area contributed by atoms with Crippen LogP contribution in [-0.4, -0.2) is 50.7 Å². The summed E-state index contributed by atoms with van der Waals surface area (Å²) in [6.45, 7) is 4.69. The third kappa shape index (κ3) is 7.47. The van der Waals surface area contributed by atoms with Gasteiger partial charge < -0.3 is 20.7 Å². The van der Waals surface area contributed by atoms with Gasteiger partial charge >= 0.3 is 0 Å². The Kier molecular flexibility index (Phi) is 9.63. The van der Waals surface area contributed by atoms with Crippen LogP contribution in [0.3, 0.4) is 0 Å². The van der Waals surface area contributed by atoms with Crippen molar-refractivity contribution in [1.82, 2.24) is 16.0 Å². The molecule has 0 aliphatic carbocycles. The zero-order chi connectivity index (χ0) is 12.5. The van der Waals surface area contributed by atoms with Gasteiger partial charge in [-0.1, -0.05) is 6.92 Å². The molecule has 7 heteroatoms. The Morgan fingerprint density at radius 1 is 1.33 bits per heavy atom. The standard InChI is InChI=1S/C11H21N3O3.ClH/c1-2-3-13-11(16)7-14-10(15)6-9-8-17-5-4-12-9;/h9,12H,2-8H2,1H3,(H,13,16)(H,14,15);1H. The molecule has 18 heavy (non-hydrogen) atoms. The largest absolute Gasteiger partial charge is 0.378 e. The van der Waals surface area contributed by atoms with Crippen LogP contribution in [-0.2, 0) is 14.3 Å². The summed E-state index contributed by atoms with van der Waals surface area (Å²) in [5, 5.41) is 8.47. The van der Waals surface area contributed by atoms with Gasteiger partial charge in [-0.15, -0.1) is 12.4 Å². The lowest BCUT2D eigenvalue weighted by molar-refractivity contribution is -0.126. The molecule has 2 amide bonds. The van der Waals surface area contributed by atoms with Gasteiger partial charge in [0.1, 0.15) is 0 Å². The zero-order valence-electron chi connectivity index (χ0n) is 10.7. The van der Waals surface area contributed by atoms with E-state index in [0.29, 0.717) is 26.2 Å². The molecular weight excluding hydrogens is 258 g/mol. The molecule has 1 aliphatic rings. The molecule has 0 radical (unpaired) electrons. The van der Waals surface area contributed by atoms with Crippen LogP contribution < -0.4 is 16.0 Å². The first-order valence-corrected chi connectivity index (χ1v) is 6.07. The van der Waals surface area contributed by atoms with Crippen LogP contribution >= 0.6 is 12.4 Å². The second-order valence-electron chi connectivity index (χ2n) is 4.06. The third-order valence-corrected chi connectivity index (χ3v) is 2.45. The van der Waals surface area contributed by atoms with E-state index in [0.717, 1.165) is 13.0 Å². The number of rotatable bonds is 6. The molecule has 1 fully saturated rings. The average Bonchev–Trinajstić information content (AvgIpc) is 2.35. The Bertz CT molecular complexity index is 258. The Morgan fingerprint density at radius 3 is 2.72 bits per heavy atom. The predicted molar refractivity (Wildman–Crippen MR) is 70.8 cm³/mol. The lowest BCUT2D eigenvalue weighted by Gasteiger charge is -2.23. The van der Waals surface area contributed by atoms with E-state index in [1.54, 1.807) is 0 Å². The molecular formula is C11H22ClN3O3. The Morgan fingerprint density at radius 2 is 2.11 bits per heavy atom. The molecule has 0 saturated carbocycles. The molecule has 3 N–H and O–H groups in total. The highest BCUT2D eigenvalue weighted by atomic mass is 35.5. The minimum Gasteiger partial charge on any atom is -0.378 e. The molecule has 0 aromatic rings. The number of nitrogens with one attached hydrogen (secondary N) is 3. The van der Waals surface area contributed by atoms with Gasteiger partial charge in [0.2, 0.25) is 11.8 Å². The van der Waals surface area contributed by atoms with E-state index in [9.17, 15) is 9.59 Å². The number of amides is 2. The first kappa shape index (κ1) is 17.2. The summed E-state index contributed by atoms with van der Waals surface area (Å²) in [6.07, 6.45) is 1.24. The predicted octanol–water partition coefficient (Wildman–Crippen LogP) is -0.571. The molecule has 1 aliphatic heterocycles. The first-order chi connectivity index (χ1) is 8.22. The summed E-state index contributed by atoms with van der Waals surface area (Å²) in [5.41, 5.74) is 0. The minimum absolute atomic E-state index is 0. The van der Waals surface area contributed by atoms with Crippen LogP contribution in [0, 0.1) is 0 Å². The molecule has 6 nitrogen and oxygen atoms in total. The van der Waals surface area contributed by atoms with Crippen LogP contribution in [0.2, 0.25) is 0 Å². The highest BCUT2D eigenvalue weighted by Crippen LogP contribution is 1.97. The Labute approximate surface area is 114 Å². The van der Waals surface area contributed by atoms with Gasteiger partial charge in [0.25, 0.3) is 0 Å². The maximum absolute atomic E-state index is 11.5. The van der Waals surface area contributed by atoms with Gasteiger partial charge in [-0.3, -0.25) is 9.59 Å². The van der Waals surface area contributed by atoms with E-state index in [-0.39, 0.29) is 36.8 Å². The van der Waals surface area contributed by atoms with Crippen molar-refractivity contribution in [3.63, 3.8) is 0 Å². The van der Waals surface area contributed by atoms with Crippen molar-refractivity contribution < 1.29 is 14.3 Å². The van der Waals surface area contributed by atoms with Gasteiger partial charge in [0.15, 0.2) is 0 Å². The fraction of sp³-hybridized carbons (Fsp3) is 0.818. The van der Waals surface area contributed by atoms with Gasteiger partial charge in [0, 0.05) is 25.6 Å². The summed E-state index contributed by atoms with van der Waals surface area (Å²) in [7, 11) is 0. The van der Waals surface area contributed by atoms with Crippen LogP contribution in [0.5, 0.6) is 0 Å². The van der Waals surface area contributed by atoms with Gasteiger partial charge in [-0.05, 0) is 6.42 Å². The number of ether oxygens (including phenoxy) is 1. The fourth-order valence-corrected chi connectivity index (χ4v) is 1.55. The van der Waals surface area contributed by atoms with Crippen molar-refractivity contribution in [3.8, 4) is 0 Å². The molecule has 1 heterocycles. The number of carbonyl (C=O) groups is 2. The van der Waals surface area contributed by atoms with E-state index in [4.69, 9.17) is 4.74 Å². The molecule has 106 valence electrons.